The fraction of sp³-hybridized carbons (Fsp3) is 0.368. The van der Waals surface area contributed by atoms with Crippen LogP contribution in [-0.4, -0.2) is 54.2 Å². The van der Waals surface area contributed by atoms with Crippen molar-refractivity contribution < 1.29 is 14.2 Å². The number of aromatic hydroxyl groups is 1. The van der Waals surface area contributed by atoms with Gasteiger partial charge in [-0.3, -0.25) is 0 Å². The molecule has 2 aromatic heterocycles. The molecule has 3 aromatic rings. The van der Waals surface area contributed by atoms with Gasteiger partial charge in [0, 0.05) is 37.0 Å². The molecule has 28 heavy (non-hydrogen) atoms. The number of phenols is 1. The number of alkyl halides is 1. The monoisotopic (exact) mass is 382 g/mol. The van der Waals surface area contributed by atoms with Crippen molar-refractivity contribution in [3.63, 3.8) is 0 Å². The summed E-state index contributed by atoms with van der Waals surface area (Å²) in [6, 6.07) is 5.29. The van der Waals surface area contributed by atoms with Gasteiger partial charge in [-0.15, -0.1) is 10.2 Å². The molecule has 2 aliphatic heterocycles. The number of hydrogen-bond acceptors (Lipinski definition) is 7. The van der Waals surface area contributed by atoms with Gasteiger partial charge < -0.3 is 19.7 Å². The first kappa shape index (κ1) is 17.1. The topological polar surface area (TPSA) is 98.0 Å². The van der Waals surface area contributed by atoms with Gasteiger partial charge in [-0.1, -0.05) is 0 Å². The van der Waals surface area contributed by atoms with Crippen LogP contribution in [0.25, 0.3) is 17.1 Å². The number of fused-ring (bicyclic) bond motifs is 2. The summed E-state index contributed by atoms with van der Waals surface area (Å²) in [5.74, 6) is 0.483. The first-order valence-corrected chi connectivity index (χ1v) is 9.25. The number of phenolic OH excluding ortho intramolecular Hbond substituents is 1. The third kappa shape index (κ3) is 3.07. The highest BCUT2D eigenvalue weighted by Crippen LogP contribution is 2.32. The molecule has 4 atom stereocenters. The Labute approximate surface area is 160 Å². The Bertz CT molecular complexity index is 965. The molecule has 144 valence electrons. The van der Waals surface area contributed by atoms with Crippen LogP contribution in [0.5, 0.6) is 11.6 Å². The predicted octanol–water partition coefficient (Wildman–Crippen LogP) is 2.04. The standard InChI is InChI=1S/C19H19FN6O2/c20-18-14-4-1-11(23-14)7-16(18)28-17-9-22-19(25-24-17)13-3-2-12(8-15(13)27)26-6-5-21-10-26/h2-3,5-6,8-11,14,16,18,23,27H,1,4,7H2/t11-,14+,16-,18-/m0/s1. The molecule has 5 rings (SSSR count). The molecule has 0 amide bonds. The quantitative estimate of drug-likeness (QED) is 0.712. The molecule has 2 aliphatic rings. The second kappa shape index (κ2) is 6.83. The van der Waals surface area contributed by atoms with E-state index in [4.69, 9.17) is 4.74 Å². The lowest BCUT2D eigenvalue weighted by atomic mass is 10.0. The molecule has 0 saturated carbocycles. The fourth-order valence-electron chi connectivity index (χ4n) is 3.95. The molecule has 2 saturated heterocycles. The Hall–Kier alpha value is -3.07. The Morgan fingerprint density at radius 3 is 2.93 bits per heavy atom. The second-order valence-electron chi connectivity index (χ2n) is 7.18. The average molecular weight is 382 g/mol. The van der Waals surface area contributed by atoms with E-state index >= 15 is 0 Å². The van der Waals surface area contributed by atoms with Crippen LogP contribution in [0.2, 0.25) is 0 Å². The minimum Gasteiger partial charge on any atom is -0.507 e. The van der Waals surface area contributed by atoms with Crippen LogP contribution in [0, 0.1) is 0 Å². The molecule has 0 aliphatic carbocycles. The lowest BCUT2D eigenvalue weighted by Gasteiger charge is -2.32. The largest absolute Gasteiger partial charge is 0.507 e. The second-order valence-corrected chi connectivity index (χ2v) is 7.18. The van der Waals surface area contributed by atoms with E-state index in [1.54, 1.807) is 35.4 Å². The van der Waals surface area contributed by atoms with Gasteiger partial charge in [0.2, 0.25) is 0 Å². The Morgan fingerprint density at radius 2 is 2.18 bits per heavy atom. The minimum atomic E-state index is -1.07. The summed E-state index contributed by atoms with van der Waals surface area (Å²) in [4.78, 5) is 8.22. The SMILES string of the molecule is Oc1cc(-n2ccnc2)ccc1-c1ncc(O[C@H]2C[C@@H]3CC[C@@H](N3)[C@@H]2F)nn1. The highest BCUT2D eigenvalue weighted by Gasteiger charge is 2.43. The van der Waals surface area contributed by atoms with Crippen molar-refractivity contribution >= 4 is 0 Å². The summed E-state index contributed by atoms with van der Waals surface area (Å²) in [5, 5.41) is 21.7. The first-order valence-electron chi connectivity index (χ1n) is 9.25. The molecule has 2 N–H and O–H groups in total. The summed E-state index contributed by atoms with van der Waals surface area (Å²) >= 11 is 0. The zero-order valence-corrected chi connectivity index (χ0v) is 14.9. The lowest BCUT2D eigenvalue weighted by molar-refractivity contribution is 0.0418. The van der Waals surface area contributed by atoms with Crippen LogP contribution in [0.15, 0.2) is 43.1 Å². The third-order valence-electron chi connectivity index (χ3n) is 5.37. The highest BCUT2D eigenvalue weighted by atomic mass is 19.1. The molecule has 2 bridgehead atoms. The molecule has 0 spiro atoms. The number of piperidine rings is 1. The van der Waals surface area contributed by atoms with E-state index in [9.17, 15) is 9.50 Å². The van der Waals surface area contributed by atoms with Crippen LogP contribution < -0.4 is 10.1 Å². The number of halogens is 1. The van der Waals surface area contributed by atoms with E-state index in [0.717, 1.165) is 18.5 Å². The van der Waals surface area contributed by atoms with E-state index in [-0.39, 0.29) is 23.5 Å². The van der Waals surface area contributed by atoms with Crippen molar-refractivity contribution in [2.75, 3.05) is 0 Å². The van der Waals surface area contributed by atoms with Gasteiger partial charge in [0.05, 0.1) is 23.8 Å². The molecule has 9 heteroatoms. The number of hydrogen-bond donors (Lipinski definition) is 2. The summed E-state index contributed by atoms with van der Waals surface area (Å²) < 4.78 is 22.0. The lowest BCUT2D eigenvalue weighted by Crippen LogP contribution is -2.51. The number of aromatic nitrogens is 5. The van der Waals surface area contributed by atoms with Crippen LogP contribution in [0.3, 0.4) is 0 Å². The van der Waals surface area contributed by atoms with Gasteiger partial charge in [-0.25, -0.2) is 14.4 Å². The highest BCUT2D eigenvalue weighted by molar-refractivity contribution is 5.65. The van der Waals surface area contributed by atoms with Crippen molar-refractivity contribution in [2.45, 2.75) is 43.6 Å². The smallest absolute Gasteiger partial charge is 0.252 e. The first-order chi connectivity index (χ1) is 13.7. The van der Waals surface area contributed by atoms with E-state index in [1.807, 2.05) is 6.07 Å². The summed E-state index contributed by atoms with van der Waals surface area (Å²) in [6.45, 7) is 0. The van der Waals surface area contributed by atoms with Gasteiger partial charge in [0.25, 0.3) is 5.88 Å². The van der Waals surface area contributed by atoms with Crippen LogP contribution in [-0.2, 0) is 0 Å². The fourth-order valence-corrected chi connectivity index (χ4v) is 3.95. The Kier molecular flexibility index (Phi) is 4.16. The molecule has 2 fully saturated rings. The van der Waals surface area contributed by atoms with Gasteiger partial charge in [-0.05, 0) is 25.0 Å². The van der Waals surface area contributed by atoms with E-state index in [1.165, 1.54) is 6.20 Å². The average Bonchev–Trinajstić information content (AvgIpc) is 3.37. The molecule has 0 unspecified atom stereocenters. The Morgan fingerprint density at radius 1 is 1.25 bits per heavy atom. The predicted molar refractivity (Wildman–Crippen MR) is 97.9 cm³/mol. The van der Waals surface area contributed by atoms with Crippen LogP contribution in [0.4, 0.5) is 4.39 Å². The van der Waals surface area contributed by atoms with Gasteiger partial charge >= 0.3 is 0 Å². The summed E-state index contributed by atoms with van der Waals surface area (Å²) in [6.07, 6.45) is 7.31. The van der Waals surface area contributed by atoms with E-state index in [0.29, 0.717) is 18.0 Å². The summed E-state index contributed by atoms with van der Waals surface area (Å²) in [7, 11) is 0. The molecular formula is C19H19FN6O2. The number of imidazole rings is 1. The Balaban J connectivity index is 1.32. The van der Waals surface area contributed by atoms with Crippen molar-refractivity contribution in [3.8, 4) is 28.7 Å². The van der Waals surface area contributed by atoms with E-state index < -0.39 is 12.3 Å². The maximum Gasteiger partial charge on any atom is 0.252 e. The zero-order valence-electron chi connectivity index (χ0n) is 14.9. The zero-order chi connectivity index (χ0) is 19.1. The van der Waals surface area contributed by atoms with Gasteiger partial charge in [0.15, 0.2) is 12.0 Å². The van der Waals surface area contributed by atoms with Gasteiger partial charge in [0.1, 0.15) is 11.9 Å². The maximum absolute atomic E-state index is 14.5. The van der Waals surface area contributed by atoms with Crippen molar-refractivity contribution in [1.29, 1.82) is 0 Å². The molecule has 8 nitrogen and oxygen atoms in total. The number of benzene rings is 1. The molecule has 1 aromatic carbocycles. The molecule has 0 radical (unpaired) electrons. The van der Waals surface area contributed by atoms with Crippen LogP contribution in [0.1, 0.15) is 19.3 Å². The van der Waals surface area contributed by atoms with E-state index in [2.05, 4.69) is 25.5 Å². The van der Waals surface area contributed by atoms with Crippen molar-refractivity contribution in [3.05, 3.63) is 43.1 Å². The van der Waals surface area contributed by atoms with Gasteiger partial charge in [-0.2, -0.15) is 0 Å². The minimum absolute atomic E-state index is 0.0282. The summed E-state index contributed by atoms with van der Waals surface area (Å²) in [5.41, 5.74) is 1.22. The van der Waals surface area contributed by atoms with Crippen molar-refractivity contribution in [2.24, 2.45) is 0 Å². The number of nitrogens with one attached hydrogen (secondary N) is 1. The number of rotatable bonds is 4. The number of nitrogens with zero attached hydrogens (tertiary/aromatic N) is 5. The van der Waals surface area contributed by atoms with Crippen LogP contribution >= 0.6 is 0 Å². The van der Waals surface area contributed by atoms with Crippen molar-refractivity contribution in [1.82, 2.24) is 30.0 Å². The maximum atomic E-state index is 14.5. The number of ether oxygens (including phenoxy) is 1. The molecular weight excluding hydrogens is 363 g/mol. The normalized spacial score (nSPS) is 26.3. The third-order valence-corrected chi connectivity index (χ3v) is 5.37. The molecule has 4 heterocycles.